The van der Waals surface area contributed by atoms with Crippen molar-refractivity contribution >= 4 is 23.1 Å². The Morgan fingerprint density at radius 3 is 2.50 bits per heavy atom. The molecular formula is C24H18F2N2O4. The van der Waals surface area contributed by atoms with Crippen LogP contribution in [0.3, 0.4) is 0 Å². The second-order valence-corrected chi connectivity index (χ2v) is 7.23. The van der Waals surface area contributed by atoms with Gasteiger partial charge in [-0.1, -0.05) is 17.7 Å². The van der Waals surface area contributed by atoms with Gasteiger partial charge in [0, 0.05) is 18.0 Å². The summed E-state index contributed by atoms with van der Waals surface area (Å²) < 4.78 is 32.8. The van der Waals surface area contributed by atoms with E-state index in [0.717, 1.165) is 22.6 Å². The van der Waals surface area contributed by atoms with Crippen LogP contribution in [0.5, 0.6) is 5.75 Å². The Hall–Kier alpha value is -4.07. The number of carbonyl (C=O) groups excluding carboxylic acids is 2. The fraction of sp³-hybridized carbons (Fsp3) is 0.125. The molecule has 1 aromatic heterocycles. The quantitative estimate of drug-likeness (QED) is 0.375. The van der Waals surface area contributed by atoms with Crippen LogP contribution < -0.4 is 9.64 Å². The number of aliphatic hydroxyl groups excluding tert-OH is 1. The van der Waals surface area contributed by atoms with E-state index in [1.807, 2.05) is 0 Å². The maximum Gasteiger partial charge on any atom is 0.300 e. The summed E-state index contributed by atoms with van der Waals surface area (Å²) >= 11 is 0. The number of pyridine rings is 1. The van der Waals surface area contributed by atoms with Gasteiger partial charge in [-0.15, -0.1) is 0 Å². The van der Waals surface area contributed by atoms with Crippen LogP contribution in [0.25, 0.3) is 5.76 Å². The van der Waals surface area contributed by atoms with E-state index in [4.69, 9.17) is 4.74 Å². The Kier molecular flexibility index (Phi) is 5.44. The smallest absolute Gasteiger partial charge is 0.300 e. The highest BCUT2D eigenvalue weighted by molar-refractivity contribution is 6.51. The molecule has 1 saturated heterocycles. The molecular weight excluding hydrogens is 418 g/mol. The molecule has 1 aliphatic heterocycles. The third-order valence-corrected chi connectivity index (χ3v) is 5.20. The number of halogens is 2. The van der Waals surface area contributed by atoms with Crippen LogP contribution in [0, 0.1) is 18.6 Å². The number of carbonyl (C=O) groups is 2. The molecule has 1 amide bonds. The molecule has 1 N–H and O–H groups in total. The molecule has 1 aliphatic rings. The third-order valence-electron chi connectivity index (χ3n) is 5.20. The van der Waals surface area contributed by atoms with Gasteiger partial charge in [-0.3, -0.25) is 19.5 Å². The summed E-state index contributed by atoms with van der Waals surface area (Å²) in [4.78, 5) is 31.3. The number of hydrogen-bond donors (Lipinski definition) is 1. The molecule has 2 heterocycles. The lowest BCUT2D eigenvalue weighted by Crippen LogP contribution is -2.30. The number of ether oxygens (including phenoxy) is 1. The number of methoxy groups -OCH3 is 1. The maximum atomic E-state index is 14.0. The van der Waals surface area contributed by atoms with Crippen LogP contribution in [0.15, 0.2) is 66.4 Å². The lowest BCUT2D eigenvalue weighted by molar-refractivity contribution is -0.132. The van der Waals surface area contributed by atoms with Gasteiger partial charge in [0.05, 0.1) is 23.9 Å². The summed E-state index contributed by atoms with van der Waals surface area (Å²) in [5, 5.41) is 11.2. The minimum atomic E-state index is -1.18. The number of amides is 1. The zero-order valence-electron chi connectivity index (χ0n) is 17.2. The zero-order valence-corrected chi connectivity index (χ0v) is 17.2. The van der Waals surface area contributed by atoms with E-state index >= 15 is 0 Å². The second kappa shape index (κ2) is 8.22. The molecule has 1 fully saturated rings. The first-order valence-corrected chi connectivity index (χ1v) is 9.65. The SMILES string of the molecule is COc1ccc(C)cc1/C(O)=C1\C(=O)C(=O)N(c2ccc(F)c(F)c2)C1c1ccccn1. The highest BCUT2D eigenvalue weighted by atomic mass is 19.2. The fourth-order valence-corrected chi connectivity index (χ4v) is 3.70. The van der Waals surface area contributed by atoms with Crippen LogP contribution >= 0.6 is 0 Å². The van der Waals surface area contributed by atoms with Gasteiger partial charge in [-0.25, -0.2) is 8.78 Å². The van der Waals surface area contributed by atoms with E-state index in [1.165, 1.54) is 19.4 Å². The van der Waals surface area contributed by atoms with Crippen molar-refractivity contribution < 1.29 is 28.2 Å². The maximum absolute atomic E-state index is 14.0. The van der Waals surface area contributed by atoms with Gasteiger partial charge in [0.15, 0.2) is 11.6 Å². The molecule has 0 bridgehead atoms. The summed E-state index contributed by atoms with van der Waals surface area (Å²) in [6.07, 6.45) is 1.47. The lowest BCUT2D eigenvalue weighted by atomic mass is 9.97. The van der Waals surface area contributed by atoms with Crippen molar-refractivity contribution in [3.05, 3.63) is 94.8 Å². The average Bonchev–Trinajstić information content (AvgIpc) is 3.06. The second-order valence-electron chi connectivity index (χ2n) is 7.23. The van der Waals surface area contributed by atoms with Crippen molar-refractivity contribution in [3.8, 4) is 5.75 Å². The molecule has 1 unspecified atom stereocenters. The number of ketones is 1. The highest BCUT2D eigenvalue weighted by Crippen LogP contribution is 2.42. The van der Waals surface area contributed by atoms with Crippen LogP contribution in [0.2, 0.25) is 0 Å². The average molecular weight is 436 g/mol. The van der Waals surface area contributed by atoms with Gasteiger partial charge in [-0.2, -0.15) is 0 Å². The Morgan fingerprint density at radius 1 is 1.06 bits per heavy atom. The summed E-state index contributed by atoms with van der Waals surface area (Å²) in [6.45, 7) is 1.80. The van der Waals surface area contributed by atoms with E-state index in [0.29, 0.717) is 5.75 Å². The fourth-order valence-electron chi connectivity index (χ4n) is 3.70. The molecule has 0 spiro atoms. The number of aromatic nitrogens is 1. The first kappa shape index (κ1) is 21.2. The number of anilines is 1. The molecule has 162 valence electrons. The van der Waals surface area contributed by atoms with Gasteiger partial charge in [0.2, 0.25) is 0 Å². The van der Waals surface area contributed by atoms with Crippen LogP contribution in [-0.2, 0) is 9.59 Å². The lowest BCUT2D eigenvalue weighted by Gasteiger charge is -2.24. The van der Waals surface area contributed by atoms with Crippen LogP contribution in [-0.4, -0.2) is 28.9 Å². The van der Waals surface area contributed by atoms with E-state index in [-0.39, 0.29) is 22.5 Å². The molecule has 1 atom stereocenters. The minimum absolute atomic E-state index is 0.0445. The molecule has 32 heavy (non-hydrogen) atoms. The Bertz CT molecular complexity index is 1260. The third kappa shape index (κ3) is 3.49. The van der Waals surface area contributed by atoms with E-state index in [2.05, 4.69) is 4.98 Å². The molecule has 3 aromatic rings. The van der Waals surface area contributed by atoms with Crippen molar-refractivity contribution in [1.29, 1.82) is 0 Å². The van der Waals surface area contributed by atoms with Crippen LogP contribution in [0.1, 0.15) is 22.9 Å². The first-order chi connectivity index (χ1) is 15.3. The van der Waals surface area contributed by atoms with Gasteiger partial charge < -0.3 is 9.84 Å². The monoisotopic (exact) mass is 436 g/mol. The first-order valence-electron chi connectivity index (χ1n) is 9.65. The van der Waals surface area contributed by atoms with Gasteiger partial charge >= 0.3 is 0 Å². The van der Waals surface area contributed by atoms with Crippen molar-refractivity contribution in [1.82, 2.24) is 4.98 Å². The number of benzene rings is 2. The number of aliphatic hydroxyl groups is 1. The highest BCUT2D eigenvalue weighted by Gasteiger charge is 2.48. The zero-order chi connectivity index (χ0) is 23.0. The number of nitrogens with zero attached hydrogens (tertiary/aromatic N) is 2. The summed E-state index contributed by atoms with van der Waals surface area (Å²) in [5.74, 6) is -4.41. The van der Waals surface area contributed by atoms with Crippen molar-refractivity contribution in [2.24, 2.45) is 0 Å². The topological polar surface area (TPSA) is 79.7 Å². The normalized spacial score (nSPS) is 17.6. The number of rotatable bonds is 4. The summed E-state index contributed by atoms with van der Waals surface area (Å²) in [7, 11) is 1.41. The van der Waals surface area contributed by atoms with Gasteiger partial charge in [-0.05, 0) is 43.3 Å². The largest absolute Gasteiger partial charge is 0.507 e. The van der Waals surface area contributed by atoms with Crippen LogP contribution in [0.4, 0.5) is 14.5 Å². The van der Waals surface area contributed by atoms with Gasteiger partial charge in [0.1, 0.15) is 17.6 Å². The number of hydrogen-bond acceptors (Lipinski definition) is 5. The van der Waals surface area contributed by atoms with Gasteiger partial charge in [0.25, 0.3) is 11.7 Å². The predicted molar refractivity (Wildman–Crippen MR) is 113 cm³/mol. The number of Topliss-reactive ketones (excluding diaryl/α,β-unsaturated/α-hetero) is 1. The number of aryl methyl sites for hydroxylation is 1. The van der Waals surface area contributed by atoms with E-state index in [9.17, 15) is 23.5 Å². The predicted octanol–water partition coefficient (Wildman–Crippen LogP) is 4.30. The minimum Gasteiger partial charge on any atom is -0.507 e. The van der Waals surface area contributed by atoms with Crippen molar-refractivity contribution in [2.75, 3.05) is 12.0 Å². The Morgan fingerprint density at radius 2 is 1.84 bits per heavy atom. The molecule has 0 saturated carbocycles. The summed E-state index contributed by atoms with van der Waals surface area (Å²) in [6, 6.07) is 11.6. The molecule has 0 aliphatic carbocycles. The molecule has 2 aromatic carbocycles. The summed E-state index contributed by atoms with van der Waals surface area (Å²) in [5.41, 5.74) is 0.997. The molecule has 0 radical (unpaired) electrons. The van der Waals surface area contributed by atoms with E-state index < -0.39 is 35.1 Å². The molecule has 8 heteroatoms. The van der Waals surface area contributed by atoms with Crippen molar-refractivity contribution in [2.45, 2.75) is 13.0 Å². The van der Waals surface area contributed by atoms with E-state index in [1.54, 1.807) is 43.3 Å². The Balaban J connectivity index is 1.98. The standard InChI is InChI=1S/C24H18F2N2O4/c1-13-6-9-19(32-2)15(11-13)22(29)20-21(18-5-3-4-10-27-18)28(24(31)23(20)30)14-7-8-16(25)17(26)12-14/h3-12,21,29H,1-2H3/b22-20+. The Labute approximate surface area is 182 Å². The van der Waals surface area contributed by atoms with Crippen molar-refractivity contribution in [3.63, 3.8) is 0 Å². The molecule has 4 rings (SSSR count). The molecule has 6 nitrogen and oxygen atoms in total.